The zero-order chi connectivity index (χ0) is 17.7. The summed E-state index contributed by atoms with van der Waals surface area (Å²) in [4.78, 5) is 27.2. The highest BCUT2D eigenvalue weighted by atomic mass is 35.5. The zero-order valence-electron chi connectivity index (χ0n) is 13.1. The molecule has 0 radical (unpaired) electrons. The molecule has 0 aliphatic carbocycles. The molecule has 2 rings (SSSR count). The van der Waals surface area contributed by atoms with Crippen molar-refractivity contribution in [2.45, 2.75) is 6.61 Å². The van der Waals surface area contributed by atoms with Crippen LogP contribution in [0.5, 0.6) is 0 Å². The van der Waals surface area contributed by atoms with Crippen LogP contribution in [0.2, 0.25) is 10.0 Å². The number of nitrogens with one attached hydrogen (secondary N) is 1. The van der Waals surface area contributed by atoms with Crippen molar-refractivity contribution in [1.29, 1.82) is 0 Å². The lowest BCUT2D eigenvalue weighted by Crippen LogP contribution is -2.51. The minimum atomic E-state index is -0.213. The van der Waals surface area contributed by atoms with E-state index in [-0.39, 0.29) is 25.0 Å². The summed E-state index contributed by atoms with van der Waals surface area (Å²) in [6, 6.07) is 3.15. The van der Waals surface area contributed by atoms with Gasteiger partial charge in [0, 0.05) is 37.4 Å². The first-order valence-corrected chi connectivity index (χ1v) is 8.23. The Bertz CT molecular complexity index is 644. The molecule has 0 unspecified atom stereocenters. The van der Waals surface area contributed by atoms with Crippen molar-refractivity contribution in [1.82, 2.24) is 9.80 Å². The lowest BCUT2D eigenvalue weighted by Gasteiger charge is -2.34. The largest absolute Gasteiger partial charge is 0.392 e. The number of hydrogen-bond donors (Lipinski definition) is 2. The number of rotatable bonds is 5. The molecule has 0 atom stereocenters. The topological polar surface area (TPSA) is 72.9 Å². The van der Waals surface area contributed by atoms with E-state index in [2.05, 4.69) is 11.9 Å². The van der Waals surface area contributed by atoms with Gasteiger partial charge in [0.15, 0.2) is 0 Å². The van der Waals surface area contributed by atoms with Gasteiger partial charge in [0.1, 0.15) is 0 Å². The maximum atomic E-state index is 12.3. The van der Waals surface area contributed by atoms with Gasteiger partial charge in [-0.25, -0.2) is 0 Å². The van der Waals surface area contributed by atoms with Gasteiger partial charge in [0.2, 0.25) is 11.8 Å². The van der Waals surface area contributed by atoms with E-state index in [1.165, 1.54) is 6.08 Å². The summed E-state index contributed by atoms with van der Waals surface area (Å²) in [5.41, 5.74) is 1.14. The summed E-state index contributed by atoms with van der Waals surface area (Å²) in [5, 5.41) is 13.0. The van der Waals surface area contributed by atoms with Gasteiger partial charge < -0.3 is 20.2 Å². The third kappa shape index (κ3) is 4.41. The first kappa shape index (κ1) is 18.6. The Hall–Kier alpha value is -1.76. The van der Waals surface area contributed by atoms with Crippen molar-refractivity contribution < 1.29 is 14.7 Å². The Morgan fingerprint density at radius 2 is 1.75 bits per heavy atom. The second-order valence-electron chi connectivity index (χ2n) is 5.35. The Morgan fingerprint density at radius 1 is 1.17 bits per heavy atom. The molecule has 1 aliphatic heterocycles. The van der Waals surface area contributed by atoms with E-state index in [0.717, 1.165) is 0 Å². The first-order valence-electron chi connectivity index (χ1n) is 7.48. The predicted octanol–water partition coefficient (Wildman–Crippen LogP) is 1.75. The fraction of sp³-hybridized carbons (Fsp3) is 0.375. The van der Waals surface area contributed by atoms with Crippen LogP contribution in [0.15, 0.2) is 24.8 Å². The lowest BCUT2D eigenvalue weighted by atomic mass is 10.2. The Kier molecular flexibility index (Phi) is 6.48. The van der Waals surface area contributed by atoms with Crippen molar-refractivity contribution in [3.63, 3.8) is 0 Å². The number of aliphatic hydroxyl groups is 1. The third-order valence-corrected chi connectivity index (χ3v) is 4.59. The number of benzene rings is 1. The van der Waals surface area contributed by atoms with E-state index in [1.54, 1.807) is 21.9 Å². The van der Waals surface area contributed by atoms with Crippen LogP contribution >= 0.6 is 23.2 Å². The zero-order valence-corrected chi connectivity index (χ0v) is 14.6. The lowest BCUT2D eigenvalue weighted by molar-refractivity contribution is -0.135. The number of nitrogens with zero attached hydrogens (tertiary/aromatic N) is 2. The molecule has 8 heteroatoms. The average molecular weight is 372 g/mol. The summed E-state index contributed by atoms with van der Waals surface area (Å²) in [6.45, 7) is 5.26. The maximum absolute atomic E-state index is 12.3. The van der Waals surface area contributed by atoms with Crippen molar-refractivity contribution in [2.75, 3.05) is 38.0 Å². The minimum Gasteiger partial charge on any atom is -0.392 e. The van der Waals surface area contributed by atoms with Gasteiger partial charge in [-0.15, -0.1) is 0 Å². The number of carbonyl (C=O) groups is 2. The highest BCUT2D eigenvalue weighted by Gasteiger charge is 2.22. The van der Waals surface area contributed by atoms with Gasteiger partial charge >= 0.3 is 0 Å². The third-order valence-electron chi connectivity index (χ3n) is 3.87. The van der Waals surface area contributed by atoms with Crippen LogP contribution in [0.1, 0.15) is 5.56 Å². The van der Waals surface area contributed by atoms with Crippen LogP contribution in [0.3, 0.4) is 0 Å². The SMILES string of the molecule is C=CC(=O)N1CCN(C(=O)CNc2cc(Cl)c(Cl)cc2CO)CC1. The predicted molar refractivity (Wildman–Crippen MR) is 94.2 cm³/mol. The Balaban J connectivity index is 1.91. The normalized spacial score (nSPS) is 14.5. The van der Waals surface area contributed by atoms with Gasteiger partial charge in [0.05, 0.1) is 23.2 Å². The highest BCUT2D eigenvalue weighted by molar-refractivity contribution is 6.42. The summed E-state index contributed by atoms with van der Waals surface area (Å²) < 4.78 is 0. The van der Waals surface area contributed by atoms with Crippen molar-refractivity contribution in [3.8, 4) is 0 Å². The van der Waals surface area contributed by atoms with Gasteiger partial charge in [-0.05, 0) is 18.2 Å². The Morgan fingerprint density at radius 3 is 2.33 bits per heavy atom. The minimum absolute atomic E-state index is 0.0698. The number of aliphatic hydroxyl groups excluding tert-OH is 1. The van der Waals surface area contributed by atoms with E-state index in [1.807, 2.05) is 0 Å². The van der Waals surface area contributed by atoms with Crippen molar-refractivity contribution >= 4 is 40.7 Å². The molecule has 1 aliphatic rings. The number of halogens is 2. The number of piperazine rings is 1. The molecule has 0 spiro atoms. The smallest absolute Gasteiger partial charge is 0.246 e. The van der Waals surface area contributed by atoms with Gasteiger partial charge in [0.25, 0.3) is 0 Å². The van der Waals surface area contributed by atoms with Crippen LogP contribution < -0.4 is 5.32 Å². The fourth-order valence-corrected chi connectivity index (χ4v) is 2.82. The van der Waals surface area contributed by atoms with E-state index in [4.69, 9.17) is 23.2 Å². The number of carbonyl (C=O) groups excluding carboxylic acids is 2. The molecular weight excluding hydrogens is 353 g/mol. The molecule has 2 N–H and O–H groups in total. The number of hydrogen-bond acceptors (Lipinski definition) is 4. The molecule has 1 saturated heterocycles. The molecule has 6 nitrogen and oxygen atoms in total. The van der Waals surface area contributed by atoms with E-state index in [0.29, 0.717) is 47.5 Å². The summed E-state index contributed by atoms with van der Waals surface area (Å²) in [6.07, 6.45) is 1.28. The Labute approximate surface area is 150 Å². The molecule has 1 fully saturated rings. The van der Waals surface area contributed by atoms with Crippen molar-refractivity contribution in [2.24, 2.45) is 0 Å². The summed E-state index contributed by atoms with van der Waals surface area (Å²) in [7, 11) is 0. The summed E-state index contributed by atoms with van der Waals surface area (Å²) in [5.74, 6) is -0.209. The fourth-order valence-electron chi connectivity index (χ4n) is 2.47. The highest BCUT2D eigenvalue weighted by Crippen LogP contribution is 2.29. The molecule has 24 heavy (non-hydrogen) atoms. The average Bonchev–Trinajstić information content (AvgIpc) is 2.61. The van der Waals surface area contributed by atoms with Crippen molar-refractivity contribution in [3.05, 3.63) is 40.4 Å². The number of anilines is 1. The quantitative estimate of drug-likeness (QED) is 0.773. The molecule has 0 bridgehead atoms. The molecule has 130 valence electrons. The summed E-state index contributed by atoms with van der Waals surface area (Å²) >= 11 is 11.9. The van der Waals surface area contributed by atoms with Gasteiger partial charge in [-0.3, -0.25) is 9.59 Å². The second kappa shape index (κ2) is 8.37. The van der Waals surface area contributed by atoms with Crippen LogP contribution in [-0.4, -0.2) is 59.4 Å². The molecule has 1 aromatic carbocycles. The van der Waals surface area contributed by atoms with Gasteiger partial charge in [-0.1, -0.05) is 29.8 Å². The monoisotopic (exact) mass is 371 g/mol. The number of amides is 2. The van der Waals surface area contributed by atoms with E-state index < -0.39 is 0 Å². The molecule has 0 saturated carbocycles. The van der Waals surface area contributed by atoms with Crippen LogP contribution in [-0.2, 0) is 16.2 Å². The first-order chi connectivity index (χ1) is 11.5. The molecule has 0 aromatic heterocycles. The van der Waals surface area contributed by atoms with Gasteiger partial charge in [-0.2, -0.15) is 0 Å². The van der Waals surface area contributed by atoms with E-state index in [9.17, 15) is 14.7 Å². The standard InChI is InChI=1S/C16H19Cl2N3O3/c1-2-15(23)20-3-5-21(6-4-20)16(24)9-19-14-8-13(18)12(17)7-11(14)10-22/h2,7-8,19,22H,1,3-6,9-10H2. The molecule has 2 amide bonds. The maximum Gasteiger partial charge on any atom is 0.246 e. The van der Waals surface area contributed by atoms with Crippen LogP contribution in [0, 0.1) is 0 Å². The molecule has 1 aromatic rings. The van der Waals surface area contributed by atoms with Crippen LogP contribution in [0.4, 0.5) is 5.69 Å². The molecular formula is C16H19Cl2N3O3. The van der Waals surface area contributed by atoms with E-state index >= 15 is 0 Å². The molecule has 1 heterocycles. The van der Waals surface area contributed by atoms with Crippen LogP contribution in [0.25, 0.3) is 0 Å². The second-order valence-corrected chi connectivity index (χ2v) is 6.16.